The maximum absolute atomic E-state index is 12.9. The second kappa shape index (κ2) is 5.70. The fraction of sp³-hybridized carbons (Fsp3) is 0.412. The molecule has 0 radical (unpaired) electrons. The molecule has 2 atom stereocenters. The van der Waals surface area contributed by atoms with Gasteiger partial charge in [-0.2, -0.15) is 0 Å². The molecule has 6 heteroatoms. The highest BCUT2D eigenvalue weighted by Crippen LogP contribution is 2.27. The van der Waals surface area contributed by atoms with Gasteiger partial charge in [-0.15, -0.1) is 0 Å². The molecule has 0 spiro atoms. The number of hydrogen-bond acceptors (Lipinski definition) is 3. The van der Waals surface area contributed by atoms with Gasteiger partial charge in [-0.05, 0) is 31.9 Å². The quantitative estimate of drug-likeness (QED) is 0.788. The molecule has 1 aromatic heterocycles. The number of aliphatic carboxylic acids is 1. The summed E-state index contributed by atoms with van der Waals surface area (Å²) in [6.07, 6.45) is -0.209. The number of likely N-dealkylation sites (tertiary alicyclic amines) is 1. The molecule has 3 N–H and O–H groups in total. The van der Waals surface area contributed by atoms with Crippen LogP contribution in [0.25, 0.3) is 10.9 Å². The minimum Gasteiger partial charge on any atom is -0.480 e. The molecule has 1 amide bonds. The average Bonchev–Trinajstić information content (AvgIpc) is 2.81. The van der Waals surface area contributed by atoms with Gasteiger partial charge in [-0.25, -0.2) is 4.79 Å². The van der Waals surface area contributed by atoms with Crippen molar-refractivity contribution in [2.75, 3.05) is 6.54 Å². The van der Waals surface area contributed by atoms with Crippen molar-refractivity contribution in [2.24, 2.45) is 0 Å². The molecular weight excluding hydrogens is 296 g/mol. The van der Waals surface area contributed by atoms with E-state index in [0.717, 1.165) is 22.2 Å². The van der Waals surface area contributed by atoms with Crippen LogP contribution in [-0.4, -0.2) is 50.7 Å². The number of aryl methyl sites for hydroxylation is 2. The molecule has 1 fully saturated rings. The lowest BCUT2D eigenvalue weighted by Gasteiger charge is -2.35. The highest BCUT2D eigenvalue weighted by molar-refractivity contribution is 6.07. The summed E-state index contributed by atoms with van der Waals surface area (Å²) in [4.78, 5) is 29.0. The summed E-state index contributed by atoms with van der Waals surface area (Å²) in [5.41, 5.74) is 3.28. The van der Waals surface area contributed by atoms with Crippen molar-refractivity contribution < 1.29 is 19.8 Å². The number of benzene rings is 1. The number of carboxylic acid groups (broad SMARTS) is 1. The van der Waals surface area contributed by atoms with Crippen molar-refractivity contribution in [3.63, 3.8) is 0 Å². The normalized spacial score (nSPS) is 21.6. The summed E-state index contributed by atoms with van der Waals surface area (Å²) in [5, 5.41) is 20.0. The third kappa shape index (κ3) is 2.59. The maximum Gasteiger partial charge on any atom is 0.326 e. The van der Waals surface area contributed by atoms with E-state index < -0.39 is 18.1 Å². The predicted molar refractivity (Wildman–Crippen MR) is 85.5 cm³/mol. The van der Waals surface area contributed by atoms with E-state index in [1.54, 1.807) is 6.07 Å². The molecule has 1 saturated heterocycles. The van der Waals surface area contributed by atoms with Gasteiger partial charge in [0.1, 0.15) is 6.04 Å². The number of aromatic amines is 1. The predicted octanol–water partition coefficient (Wildman–Crippen LogP) is 1.83. The zero-order valence-electron chi connectivity index (χ0n) is 13.2. The van der Waals surface area contributed by atoms with Crippen molar-refractivity contribution in [3.8, 4) is 0 Å². The van der Waals surface area contributed by atoms with Crippen LogP contribution in [0.2, 0.25) is 0 Å². The van der Waals surface area contributed by atoms with Gasteiger partial charge < -0.3 is 20.1 Å². The van der Waals surface area contributed by atoms with Gasteiger partial charge in [0.2, 0.25) is 0 Å². The highest BCUT2D eigenvalue weighted by atomic mass is 16.4. The largest absolute Gasteiger partial charge is 0.480 e. The summed E-state index contributed by atoms with van der Waals surface area (Å²) in [5.74, 6) is -1.39. The van der Waals surface area contributed by atoms with Crippen molar-refractivity contribution >= 4 is 22.8 Å². The lowest BCUT2D eigenvalue weighted by atomic mass is 9.98. The number of rotatable bonds is 2. The van der Waals surface area contributed by atoms with Crippen LogP contribution in [0.5, 0.6) is 0 Å². The molecule has 6 nitrogen and oxygen atoms in total. The van der Waals surface area contributed by atoms with Gasteiger partial charge in [0, 0.05) is 24.0 Å². The lowest BCUT2D eigenvalue weighted by Crippen LogP contribution is -2.51. The molecule has 0 bridgehead atoms. The molecule has 2 heterocycles. The smallest absolute Gasteiger partial charge is 0.326 e. The van der Waals surface area contributed by atoms with Crippen molar-refractivity contribution in [1.29, 1.82) is 0 Å². The van der Waals surface area contributed by atoms with Gasteiger partial charge in [0.25, 0.3) is 5.91 Å². The van der Waals surface area contributed by atoms with Crippen molar-refractivity contribution in [1.82, 2.24) is 9.88 Å². The first kappa shape index (κ1) is 15.6. The van der Waals surface area contributed by atoms with E-state index in [-0.39, 0.29) is 18.9 Å². The molecule has 2 aromatic rings. The Morgan fingerprint density at radius 3 is 2.74 bits per heavy atom. The van der Waals surface area contributed by atoms with Crippen LogP contribution in [0.1, 0.15) is 34.5 Å². The Morgan fingerprint density at radius 1 is 1.30 bits per heavy atom. The molecule has 0 saturated carbocycles. The number of carbonyl (C=O) groups is 2. The Hall–Kier alpha value is -2.34. The third-order valence-corrected chi connectivity index (χ3v) is 4.69. The number of aliphatic hydroxyl groups excluding tert-OH is 1. The molecule has 1 aromatic carbocycles. The molecule has 3 rings (SSSR count). The zero-order chi connectivity index (χ0) is 16.7. The molecule has 0 unspecified atom stereocenters. The summed E-state index contributed by atoms with van der Waals surface area (Å²) >= 11 is 0. The number of piperidine rings is 1. The van der Waals surface area contributed by atoms with Crippen LogP contribution < -0.4 is 0 Å². The molecule has 23 heavy (non-hydrogen) atoms. The van der Waals surface area contributed by atoms with Gasteiger partial charge in [0.05, 0.1) is 17.2 Å². The number of nitrogens with zero attached hydrogens (tertiary/aromatic N) is 1. The first-order valence-corrected chi connectivity index (χ1v) is 7.70. The van der Waals surface area contributed by atoms with Crippen LogP contribution in [0.15, 0.2) is 18.2 Å². The van der Waals surface area contributed by atoms with Gasteiger partial charge in [0.15, 0.2) is 0 Å². The van der Waals surface area contributed by atoms with Gasteiger partial charge >= 0.3 is 5.97 Å². The van der Waals surface area contributed by atoms with E-state index in [1.165, 1.54) is 4.90 Å². The zero-order valence-corrected chi connectivity index (χ0v) is 13.2. The van der Waals surface area contributed by atoms with E-state index >= 15 is 0 Å². The van der Waals surface area contributed by atoms with Crippen molar-refractivity contribution in [2.45, 2.75) is 38.8 Å². The molecule has 1 aliphatic rings. The molecule has 0 aliphatic carbocycles. The first-order valence-electron chi connectivity index (χ1n) is 7.70. The summed E-state index contributed by atoms with van der Waals surface area (Å²) in [6.45, 7) is 4.17. The highest BCUT2D eigenvalue weighted by Gasteiger charge is 2.36. The molecular formula is C17H20N2O4. The number of H-pyrrole nitrogens is 1. The van der Waals surface area contributed by atoms with Crippen molar-refractivity contribution in [3.05, 3.63) is 35.0 Å². The standard InChI is InChI=1S/C17H20N2O4/c1-9-10(2)18-15-12(9)4-3-5-13(15)16(21)19-7-6-11(20)8-14(19)17(22)23/h3-5,11,14,18,20H,6-8H2,1-2H3,(H,22,23)/t11-,14+/m0/s1. The fourth-order valence-electron chi connectivity index (χ4n) is 3.24. The average molecular weight is 316 g/mol. The minimum atomic E-state index is -1.08. The van der Waals surface area contributed by atoms with Gasteiger partial charge in [-0.1, -0.05) is 12.1 Å². The number of carboxylic acids is 1. The summed E-state index contributed by atoms with van der Waals surface area (Å²) < 4.78 is 0. The Morgan fingerprint density at radius 2 is 2.04 bits per heavy atom. The van der Waals surface area contributed by atoms with E-state index in [0.29, 0.717) is 12.0 Å². The fourth-order valence-corrected chi connectivity index (χ4v) is 3.24. The summed E-state index contributed by atoms with van der Waals surface area (Å²) in [6, 6.07) is 4.48. The number of para-hydroxylation sites is 1. The second-order valence-corrected chi connectivity index (χ2v) is 6.13. The number of aliphatic hydroxyl groups is 1. The maximum atomic E-state index is 12.9. The Balaban J connectivity index is 2.03. The van der Waals surface area contributed by atoms with Crippen LogP contribution >= 0.6 is 0 Å². The SMILES string of the molecule is Cc1[nH]c2c(C(=O)N3CC[C@H](O)C[C@@H]3C(=O)O)cccc2c1C. The number of fused-ring (bicyclic) bond motifs is 1. The summed E-state index contributed by atoms with van der Waals surface area (Å²) in [7, 11) is 0. The van der Waals surface area contributed by atoms with E-state index in [1.807, 2.05) is 26.0 Å². The minimum absolute atomic E-state index is 0.0693. The van der Waals surface area contributed by atoms with E-state index in [9.17, 15) is 19.8 Å². The van der Waals surface area contributed by atoms with Crippen LogP contribution in [-0.2, 0) is 4.79 Å². The Kier molecular flexibility index (Phi) is 3.85. The van der Waals surface area contributed by atoms with Crippen LogP contribution in [0, 0.1) is 13.8 Å². The van der Waals surface area contributed by atoms with Crippen LogP contribution in [0.3, 0.4) is 0 Å². The molecule has 122 valence electrons. The third-order valence-electron chi connectivity index (χ3n) is 4.69. The first-order chi connectivity index (χ1) is 10.9. The number of amides is 1. The second-order valence-electron chi connectivity index (χ2n) is 6.13. The topological polar surface area (TPSA) is 93.6 Å². The number of carbonyl (C=O) groups excluding carboxylic acids is 1. The number of hydrogen-bond donors (Lipinski definition) is 3. The van der Waals surface area contributed by atoms with E-state index in [2.05, 4.69) is 4.98 Å². The van der Waals surface area contributed by atoms with Gasteiger partial charge in [-0.3, -0.25) is 4.79 Å². The molecule has 1 aliphatic heterocycles. The Labute approximate surface area is 133 Å². The van der Waals surface area contributed by atoms with E-state index in [4.69, 9.17) is 0 Å². The number of nitrogens with one attached hydrogen (secondary N) is 1. The number of aromatic nitrogens is 1. The van der Waals surface area contributed by atoms with Crippen LogP contribution in [0.4, 0.5) is 0 Å². The lowest BCUT2D eigenvalue weighted by molar-refractivity contribution is -0.145. The Bertz CT molecular complexity index is 780. The monoisotopic (exact) mass is 316 g/mol.